The second kappa shape index (κ2) is 4.45. The maximum absolute atomic E-state index is 11.4. The van der Waals surface area contributed by atoms with E-state index >= 15 is 0 Å². The van der Waals surface area contributed by atoms with Crippen LogP contribution in [0.15, 0.2) is 0 Å². The van der Waals surface area contributed by atoms with E-state index in [1.165, 1.54) is 0 Å². The lowest BCUT2D eigenvalue weighted by molar-refractivity contribution is -0.123. The summed E-state index contributed by atoms with van der Waals surface area (Å²) in [6.07, 6.45) is 3.11. The van der Waals surface area contributed by atoms with Gasteiger partial charge in [-0.3, -0.25) is 4.79 Å². The van der Waals surface area contributed by atoms with Gasteiger partial charge in [-0.25, -0.2) is 0 Å². The monoisotopic (exact) mass is 170 g/mol. The predicted octanol–water partition coefficient (Wildman–Crippen LogP) is 0.653. The first-order chi connectivity index (χ1) is 5.74. The molecule has 1 saturated heterocycles. The van der Waals surface area contributed by atoms with E-state index in [2.05, 4.69) is 17.6 Å². The molecule has 2 atom stereocenters. The molecule has 0 aromatic heterocycles. The molecule has 0 aromatic carbocycles. The Balaban J connectivity index is 2.27. The fourth-order valence-electron chi connectivity index (χ4n) is 1.35. The fourth-order valence-corrected chi connectivity index (χ4v) is 1.35. The lowest BCUT2D eigenvalue weighted by atomic mass is 10.2. The molecule has 0 spiro atoms. The van der Waals surface area contributed by atoms with Crippen molar-refractivity contribution < 1.29 is 4.79 Å². The molecule has 0 saturated carbocycles. The summed E-state index contributed by atoms with van der Waals surface area (Å²) in [4.78, 5) is 11.4. The molecule has 0 aliphatic carbocycles. The smallest absolute Gasteiger partial charge is 0.237 e. The quantitative estimate of drug-likeness (QED) is 0.653. The highest BCUT2D eigenvalue weighted by Crippen LogP contribution is 2.05. The van der Waals surface area contributed by atoms with Crippen molar-refractivity contribution in [2.24, 2.45) is 0 Å². The van der Waals surface area contributed by atoms with Crippen LogP contribution in [-0.2, 0) is 4.79 Å². The van der Waals surface area contributed by atoms with Crippen molar-refractivity contribution in [1.29, 1.82) is 0 Å². The third kappa shape index (κ3) is 2.48. The van der Waals surface area contributed by atoms with Crippen LogP contribution in [0, 0.1) is 0 Å². The molecule has 0 bridgehead atoms. The molecule has 12 heavy (non-hydrogen) atoms. The molecule has 3 nitrogen and oxygen atoms in total. The molecule has 70 valence electrons. The Morgan fingerprint density at radius 3 is 3.00 bits per heavy atom. The van der Waals surface area contributed by atoms with Gasteiger partial charge < -0.3 is 10.6 Å². The van der Waals surface area contributed by atoms with Crippen molar-refractivity contribution in [3.63, 3.8) is 0 Å². The van der Waals surface area contributed by atoms with Crippen LogP contribution in [-0.4, -0.2) is 24.5 Å². The first kappa shape index (κ1) is 9.52. The average molecular weight is 170 g/mol. The summed E-state index contributed by atoms with van der Waals surface area (Å²) in [5.74, 6) is 0.168. The zero-order valence-electron chi connectivity index (χ0n) is 7.89. The zero-order valence-corrected chi connectivity index (χ0v) is 7.89. The largest absolute Gasteiger partial charge is 0.352 e. The van der Waals surface area contributed by atoms with Gasteiger partial charge in [0.15, 0.2) is 0 Å². The average Bonchev–Trinajstić information content (AvgIpc) is 2.56. The topological polar surface area (TPSA) is 41.1 Å². The molecule has 3 heteroatoms. The van der Waals surface area contributed by atoms with E-state index in [4.69, 9.17) is 0 Å². The van der Waals surface area contributed by atoms with E-state index in [-0.39, 0.29) is 11.9 Å². The molecule has 1 heterocycles. The predicted molar refractivity (Wildman–Crippen MR) is 48.9 cm³/mol. The SMILES string of the molecule is CC[C@H](C)NC(=O)[C@@H]1CCCN1. The highest BCUT2D eigenvalue weighted by Gasteiger charge is 2.22. The minimum Gasteiger partial charge on any atom is -0.352 e. The first-order valence-corrected chi connectivity index (χ1v) is 4.77. The van der Waals surface area contributed by atoms with Crippen LogP contribution in [0.5, 0.6) is 0 Å². The molecule has 2 N–H and O–H groups in total. The number of hydrogen-bond acceptors (Lipinski definition) is 2. The lowest BCUT2D eigenvalue weighted by Crippen LogP contribution is -2.43. The van der Waals surface area contributed by atoms with Gasteiger partial charge >= 0.3 is 0 Å². The number of carbonyl (C=O) groups is 1. The van der Waals surface area contributed by atoms with Crippen LogP contribution in [0.4, 0.5) is 0 Å². The van der Waals surface area contributed by atoms with Gasteiger partial charge in [0.05, 0.1) is 6.04 Å². The summed E-state index contributed by atoms with van der Waals surface area (Å²) in [6, 6.07) is 0.374. The van der Waals surface area contributed by atoms with Crippen LogP contribution in [0.25, 0.3) is 0 Å². The first-order valence-electron chi connectivity index (χ1n) is 4.77. The van der Waals surface area contributed by atoms with Crippen LogP contribution in [0.3, 0.4) is 0 Å². The van der Waals surface area contributed by atoms with Gasteiger partial charge in [-0.1, -0.05) is 6.92 Å². The van der Waals surface area contributed by atoms with Crippen LogP contribution >= 0.6 is 0 Å². The van der Waals surface area contributed by atoms with Crippen molar-refractivity contribution in [2.75, 3.05) is 6.54 Å². The molecule has 1 aliphatic rings. The maximum Gasteiger partial charge on any atom is 0.237 e. The number of rotatable bonds is 3. The molecule has 0 unspecified atom stereocenters. The summed E-state index contributed by atoms with van der Waals surface area (Å²) < 4.78 is 0. The van der Waals surface area contributed by atoms with Crippen molar-refractivity contribution in [3.05, 3.63) is 0 Å². The van der Waals surface area contributed by atoms with E-state index in [0.29, 0.717) is 6.04 Å². The summed E-state index contributed by atoms with van der Waals surface area (Å²) in [6.45, 7) is 5.10. The molecular formula is C9H18N2O. The van der Waals surface area contributed by atoms with Crippen molar-refractivity contribution >= 4 is 5.91 Å². The Morgan fingerprint density at radius 2 is 2.50 bits per heavy atom. The zero-order chi connectivity index (χ0) is 8.97. The van der Waals surface area contributed by atoms with Gasteiger partial charge in [0.2, 0.25) is 5.91 Å². The molecule has 0 aromatic rings. The number of amides is 1. The Hall–Kier alpha value is -0.570. The van der Waals surface area contributed by atoms with E-state index < -0.39 is 0 Å². The standard InChI is InChI=1S/C9H18N2O/c1-3-7(2)11-9(12)8-5-4-6-10-8/h7-8,10H,3-6H2,1-2H3,(H,11,12)/t7-,8-/m0/s1. The molecule has 1 aliphatic heterocycles. The molecule has 1 amide bonds. The summed E-state index contributed by atoms with van der Waals surface area (Å²) in [7, 11) is 0. The highest BCUT2D eigenvalue weighted by atomic mass is 16.2. The van der Waals surface area contributed by atoms with Gasteiger partial charge in [0.25, 0.3) is 0 Å². The third-order valence-corrected chi connectivity index (χ3v) is 2.38. The van der Waals surface area contributed by atoms with Crippen molar-refractivity contribution in [2.45, 2.75) is 45.2 Å². The number of carbonyl (C=O) groups excluding carboxylic acids is 1. The van der Waals surface area contributed by atoms with E-state index in [9.17, 15) is 4.79 Å². The van der Waals surface area contributed by atoms with Crippen molar-refractivity contribution in [1.82, 2.24) is 10.6 Å². The number of nitrogens with one attached hydrogen (secondary N) is 2. The van der Waals surface area contributed by atoms with Gasteiger partial charge in [0.1, 0.15) is 0 Å². The Kier molecular flexibility index (Phi) is 3.53. The maximum atomic E-state index is 11.4. The minimum atomic E-state index is 0.0685. The molecule has 1 rings (SSSR count). The minimum absolute atomic E-state index is 0.0685. The van der Waals surface area contributed by atoms with Gasteiger partial charge in [-0.15, -0.1) is 0 Å². The molecule has 1 fully saturated rings. The van der Waals surface area contributed by atoms with E-state index in [0.717, 1.165) is 25.8 Å². The van der Waals surface area contributed by atoms with Crippen LogP contribution in [0.1, 0.15) is 33.1 Å². The van der Waals surface area contributed by atoms with Gasteiger partial charge in [-0.05, 0) is 32.7 Å². The number of hydrogen-bond donors (Lipinski definition) is 2. The Labute approximate surface area is 73.9 Å². The molecular weight excluding hydrogens is 152 g/mol. The summed E-state index contributed by atoms with van der Waals surface area (Å²) in [5.41, 5.74) is 0. The van der Waals surface area contributed by atoms with Crippen LogP contribution in [0.2, 0.25) is 0 Å². The normalized spacial score (nSPS) is 25.3. The highest BCUT2D eigenvalue weighted by molar-refractivity contribution is 5.82. The van der Waals surface area contributed by atoms with E-state index in [1.54, 1.807) is 0 Å². The Bertz CT molecular complexity index is 153. The molecule has 0 radical (unpaired) electrons. The van der Waals surface area contributed by atoms with E-state index in [1.807, 2.05) is 6.92 Å². The summed E-state index contributed by atoms with van der Waals surface area (Å²) >= 11 is 0. The van der Waals surface area contributed by atoms with Gasteiger partial charge in [0, 0.05) is 6.04 Å². The summed E-state index contributed by atoms with van der Waals surface area (Å²) in [5, 5.41) is 6.14. The van der Waals surface area contributed by atoms with Crippen molar-refractivity contribution in [3.8, 4) is 0 Å². The lowest BCUT2D eigenvalue weighted by Gasteiger charge is -2.15. The second-order valence-electron chi connectivity index (χ2n) is 3.47. The second-order valence-corrected chi connectivity index (χ2v) is 3.47. The van der Waals surface area contributed by atoms with Crippen LogP contribution < -0.4 is 10.6 Å². The Morgan fingerprint density at radius 1 is 1.75 bits per heavy atom. The van der Waals surface area contributed by atoms with Gasteiger partial charge in [-0.2, -0.15) is 0 Å². The fraction of sp³-hybridized carbons (Fsp3) is 0.889. The third-order valence-electron chi connectivity index (χ3n) is 2.38.